The van der Waals surface area contributed by atoms with Crippen molar-refractivity contribution in [3.8, 4) is 0 Å². The summed E-state index contributed by atoms with van der Waals surface area (Å²) >= 11 is 0. The number of ether oxygens (including phenoxy) is 2. The quantitative estimate of drug-likeness (QED) is 0.664. The first-order chi connectivity index (χ1) is 6.83. The van der Waals surface area contributed by atoms with Crippen molar-refractivity contribution in [1.82, 2.24) is 5.32 Å². The van der Waals surface area contributed by atoms with E-state index in [4.69, 9.17) is 9.47 Å². The predicted molar refractivity (Wildman–Crippen MR) is 60.0 cm³/mol. The van der Waals surface area contributed by atoms with Gasteiger partial charge in [0.05, 0.1) is 23.4 Å². The zero-order valence-electron chi connectivity index (χ0n) is 10.4. The molecule has 2 aliphatic heterocycles. The van der Waals surface area contributed by atoms with Gasteiger partial charge in [0.25, 0.3) is 0 Å². The lowest BCUT2D eigenvalue weighted by molar-refractivity contribution is -0.224. The molecule has 1 unspecified atom stereocenters. The largest absolute Gasteiger partial charge is 0.375 e. The van der Waals surface area contributed by atoms with E-state index in [1.165, 1.54) is 0 Å². The molecule has 0 radical (unpaired) electrons. The molecule has 3 nitrogen and oxygen atoms in total. The molecule has 2 aliphatic rings. The van der Waals surface area contributed by atoms with Gasteiger partial charge < -0.3 is 14.8 Å². The third-order valence-corrected chi connectivity index (χ3v) is 3.29. The van der Waals surface area contributed by atoms with E-state index in [-0.39, 0.29) is 16.8 Å². The molecule has 1 atom stereocenters. The summed E-state index contributed by atoms with van der Waals surface area (Å²) in [5.74, 6) is 0. The van der Waals surface area contributed by atoms with Gasteiger partial charge in [-0.05, 0) is 27.7 Å². The number of hydrogen-bond acceptors (Lipinski definition) is 3. The Morgan fingerprint density at radius 2 is 1.73 bits per heavy atom. The Kier molecular flexibility index (Phi) is 2.61. The van der Waals surface area contributed by atoms with Crippen LogP contribution in [0, 0.1) is 0 Å². The molecule has 1 N–H and O–H groups in total. The monoisotopic (exact) mass is 213 g/mol. The molecular formula is C12H23NO2. The zero-order valence-corrected chi connectivity index (χ0v) is 10.4. The summed E-state index contributed by atoms with van der Waals surface area (Å²) < 4.78 is 12.0. The highest BCUT2D eigenvalue weighted by Gasteiger charge is 2.46. The minimum Gasteiger partial charge on any atom is -0.375 e. The summed E-state index contributed by atoms with van der Waals surface area (Å²) in [5.41, 5.74) is -0.109. The minimum absolute atomic E-state index is 0.0104. The molecule has 3 heteroatoms. The molecule has 2 heterocycles. The lowest BCUT2D eigenvalue weighted by Crippen LogP contribution is -2.62. The van der Waals surface area contributed by atoms with Crippen molar-refractivity contribution in [1.29, 1.82) is 0 Å². The molecule has 0 bridgehead atoms. The molecule has 2 rings (SSSR count). The second kappa shape index (κ2) is 3.44. The van der Waals surface area contributed by atoms with E-state index < -0.39 is 0 Å². The van der Waals surface area contributed by atoms with E-state index in [9.17, 15) is 0 Å². The molecule has 15 heavy (non-hydrogen) atoms. The fourth-order valence-corrected chi connectivity index (χ4v) is 2.92. The molecule has 0 aromatic rings. The molecule has 0 aromatic heterocycles. The third-order valence-electron chi connectivity index (χ3n) is 3.29. The lowest BCUT2D eigenvalue weighted by atomic mass is 9.82. The Hall–Kier alpha value is -0.120. The van der Waals surface area contributed by atoms with Crippen LogP contribution >= 0.6 is 0 Å². The van der Waals surface area contributed by atoms with Gasteiger partial charge in [-0.2, -0.15) is 0 Å². The van der Waals surface area contributed by atoms with E-state index in [2.05, 4.69) is 33.0 Å². The van der Waals surface area contributed by atoms with Gasteiger partial charge in [-0.25, -0.2) is 0 Å². The van der Waals surface area contributed by atoms with Crippen LogP contribution in [-0.2, 0) is 9.47 Å². The van der Waals surface area contributed by atoms with Gasteiger partial charge in [0.2, 0.25) is 0 Å². The van der Waals surface area contributed by atoms with Gasteiger partial charge >= 0.3 is 0 Å². The second-order valence-electron chi connectivity index (χ2n) is 6.18. The smallest absolute Gasteiger partial charge is 0.0863 e. The Labute approximate surface area is 92.5 Å². The average Bonchev–Trinajstić information content (AvgIpc) is 1.98. The fraction of sp³-hybridized carbons (Fsp3) is 1.00. The maximum absolute atomic E-state index is 6.30. The Bertz CT molecular complexity index is 222. The third kappa shape index (κ3) is 2.52. The van der Waals surface area contributed by atoms with Crippen molar-refractivity contribution in [2.24, 2.45) is 0 Å². The number of nitrogens with one attached hydrogen (secondary N) is 1. The summed E-state index contributed by atoms with van der Waals surface area (Å²) in [7, 11) is 0. The molecule has 0 aliphatic carbocycles. The van der Waals surface area contributed by atoms with Crippen LogP contribution in [0.25, 0.3) is 0 Å². The highest BCUT2D eigenvalue weighted by molar-refractivity contribution is 4.98. The second-order valence-corrected chi connectivity index (χ2v) is 6.18. The van der Waals surface area contributed by atoms with Gasteiger partial charge in [0.15, 0.2) is 0 Å². The summed E-state index contributed by atoms with van der Waals surface area (Å²) in [4.78, 5) is 0. The maximum atomic E-state index is 6.30. The van der Waals surface area contributed by atoms with Crippen LogP contribution in [0.4, 0.5) is 0 Å². The number of hydrogen-bond donors (Lipinski definition) is 1. The van der Waals surface area contributed by atoms with Crippen LogP contribution in [0.1, 0.15) is 40.5 Å². The average molecular weight is 213 g/mol. The van der Waals surface area contributed by atoms with Crippen LogP contribution in [0.15, 0.2) is 0 Å². The first-order valence-electron chi connectivity index (χ1n) is 5.88. The number of rotatable bonds is 0. The van der Waals surface area contributed by atoms with Gasteiger partial charge in [-0.3, -0.25) is 0 Å². The Morgan fingerprint density at radius 3 is 2.33 bits per heavy atom. The Balaban J connectivity index is 2.12. The van der Waals surface area contributed by atoms with Crippen molar-refractivity contribution >= 4 is 0 Å². The van der Waals surface area contributed by atoms with Crippen molar-refractivity contribution < 1.29 is 9.47 Å². The van der Waals surface area contributed by atoms with Gasteiger partial charge in [-0.1, -0.05) is 0 Å². The van der Waals surface area contributed by atoms with Crippen molar-refractivity contribution in [3.63, 3.8) is 0 Å². The molecule has 88 valence electrons. The molecule has 0 amide bonds. The van der Waals surface area contributed by atoms with Crippen LogP contribution in [0.3, 0.4) is 0 Å². The number of morpholine rings is 1. The SMILES string of the molecule is CC1(C)CC2(CCO1)CNCC(C)(C)O2. The Morgan fingerprint density at radius 1 is 1.00 bits per heavy atom. The normalized spacial score (nSPS) is 39.2. The summed E-state index contributed by atoms with van der Waals surface area (Å²) in [5, 5.41) is 3.49. The van der Waals surface area contributed by atoms with E-state index in [0.717, 1.165) is 32.5 Å². The minimum atomic E-state index is -0.0499. The van der Waals surface area contributed by atoms with Gasteiger partial charge in [-0.15, -0.1) is 0 Å². The summed E-state index contributed by atoms with van der Waals surface area (Å²) in [6.07, 6.45) is 1.99. The summed E-state index contributed by atoms with van der Waals surface area (Å²) in [6.45, 7) is 11.3. The first kappa shape index (κ1) is 11.4. The van der Waals surface area contributed by atoms with Crippen molar-refractivity contribution in [3.05, 3.63) is 0 Å². The van der Waals surface area contributed by atoms with Crippen molar-refractivity contribution in [2.75, 3.05) is 19.7 Å². The molecule has 0 aromatic carbocycles. The lowest BCUT2D eigenvalue weighted by Gasteiger charge is -2.51. The molecule has 2 saturated heterocycles. The van der Waals surface area contributed by atoms with Crippen LogP contribution in [-0.4, -0.2) is 36.5 Å². The highest BCUT2D eigenvalue weighted by atomic mass is 16.5. The van der Waals surface area contributed by atoms with Gasteiger partial charge in [0, 0.05) is 25.9 Å². The highest BCUT2D eigenvalue weighted by Crippen LogP contribution is 2.38. The summed E-state index contributed by atoms with van der Waals surface area (Å²) in [6, 6.07) is 0. The first-order valence-corrected chi connectivity index (χ1v) is 5.88. The van der Waals surface area contributed by atoms with Crippen LogP contribution in [0.5, 0.6) is 0 Å². The van der Waals surface area contributed by atoms with E-state index in [1.54, 1.807) is 0 Å². The topological polar surface area (TPSA) is 30.5 Å². The molecule has 1 spiro atoms. The molecule has 2 fully saturated rings. The van der Waals surface area contributed by atoms with Crippen LogP contribution < -0.4 is 5.32 Å². The fourth-order valence-electron chi connectivity index (χ4n) is 2.92. The van der Waals surface area contributed by atoms with E-state index in [0.29, 0.717) is 0 Å². The molecular weight excluding hydrogens is 190 g/mol. The maximum Gasteiger partial charge on any atom is 0.0863 e. The van der Waals surface area contributed by atoms with Crippen LogP contribution in [0.2, 0.25) is 0 Å². The van der Waals surface area contributed by atoms with Gasteiger partial charge in [0.1, 0.15) is 0 Å². The van der Waals surface area contributed by atoms with E-state index >= 15 is 0 Å². The van der Waals surface area contributed by atoms with E-state index in [1.807, 2.05) is 0 Å². The predicted octanol–water partition coefficient (Wildman–Crippen LogP) is 1.71. The zero-order chi connectivity index (χ0) is 11.2. The van der Waals surface area contributed by atoms with Crippen molar-refractivity contribution in [2.45, 2.75) is 57.3 Å². The molecule has 0 saturated carbocycles. The standard InChI is InChI=1S/C12H23NO2/c1-10(2)7-12(5-6-14-10)9-13-8-11(3,4)15-12/h13H,5-9H2,1-4H3.